The number of hydrogen-bond donors (Lipinski definition) is 1. The zero-order valence-corrected chi connectivity index (χ0v) is 19.5. The summed E-state index contributed by atoms with van der Waals surface area (Å²) < 4.78 is 3.79. The van der Waals surface area contributed by atoms with E-state index in [1.165, 1.54) is 16.0 Å². The van der Waals surface area contributed by atoms with E-state index in [0.29, 0.717) is 12.6 Å². The zero-order chi connectivity index (χ0) is 22.1. The van der Waals surface area contributed by atoms with Gasteiger partial charge in [0.1, 0.15) is 4.83 Å². The smallest absolute Gasteiger partial charge is 0.262 e. The second-order valence-electron chi connectivity index (χ2n) is 8.74. The number of nitrogens with zero attached hydrogens (tertiary/aromatic N) is 4. The molecule has 1 aromatic carbocycles. The molecule has 166 valence electrons. The van der Waals surface area contributed by atoms with Gasteiger partial charge in [0.25, 0.3) is 5.56 Å². The van der Waals surface area contributed by atoms with Gasteiger partial charge in [-0.3, -0.25) is 14.0 Å². The molecule has 0 unspecified atom stereocenters. The van der Waals surface area contributed by atoms with E-state index in [-0.39, 0.29) is 5.56 Å². The number of rotatable bonds is 7. The number of benzene rings is 1. The minimum Gasteiger partial charge on any atom is -0.310 e. The van der Waals surface area contributed by atoms with Crippen molar-refractivity contribution in [3.8, 4) is 0 Å². The van der Waals surface area contributed by atoms with Crippen LogP contribution in [-0.2, 0) is 32.5 Å². The fraction of sp³-hybridized carbons (Fsp3) is 0.400. The summed E-state index contributed by atoms with van der Waals surface area (Å²) >= 11 is 1.69. The molecule has 0 bridgehead atoms. The van der Waals surface area contributed by atoms with Crippen LogP contribution >= 0.6 is 11.3 Å². The van der Waals surface area contributed by atoms with Crippen molar-refractivity contribution in [3.63, 3.8) is 0 Å². The standard InChI is InChI=1S/C25H29N5OS/c1-17-13-18(2)30(28-17)12-6-11-29-16-27-24-23(25(29)31)21-10-9-20(14-22(21)32-24)26-15-19-7-4-3-5-8-19/h3-5,7-8,13,16,20,26H,6,9-12,14-15H2,1-2H3/t20-/m0/s1. The van der Waals surface area contributed by atoms with Gasteiger partial charge in [0, 0.05) is 36.2 Å². The number of fused-ring (bicyclic) bond motifs is 3. The fourth-order valence-corrected chi connectivity index (χ4v) is 5.94. The van der Waals surface area contributed by atoms with Gasteiger partial charge in [-0.25, -0.2) is 4.98 Å². The third kappa shape index (κ3) is 4.27. The molecule has 0 saturated heterocycles. The summed E-state index contributed by atoms with van der Waals surface area (Å²) in [7, 11) is 0. The van der Waals surface area contributed by atoms with Gasteiger partial charge in [-0.15, -0.1) is 11.3 Å². The lowest BCUT2D eigenvalue weighted by Gasteiger charge is -2.23. The van der Waals surface area contributed by atoms with Crippen molar-refractivity contribution in [1.29, 1.82) is 0 Å². The Balaban J connectivity index is 1.28. The molecule has 0 radical (unpaired) electrons. The van der Waals surface area contributed by atoms with Gasteiger partial charge < -0.3 is 5.32 Å². The minimum atomic E-state index is 0.108. The quantitative estimate of drug-likeness (QED) is 0.465. The number of aromatic nitrogens is 4. The van der Waals surface area contributed by atoms with Crippen LogP contribution in [0.4, 0.5) is 0 Å². The lowest BCUT2D eigenvalue weighted by atomic mass is 9.93. The molecular weight excluding hydrogens is 418 g/mol. The van der Waals surface area contributed by atoms with Crippen molar-refractivity contribution in [3.05, 3.63) is 80.5 Å². The Morgan fingerprint density at radius 2 is 2.03 bits per heavy atom. The molecule has 0 fully saturated rings. The van der Waals surface area contributed by atoms with Crippen molar-refractivity contribution in [1.82, 2.24) is 24.6 Å². The summed E-state index contributed by atoms with van der Waals surface area (Å²) in [4.78, 5) is 20.1. The monoisotopic (exact) mass is 447 g/mol. The van der Waals surface area contributed by atoms with Crippen molar-refractivity contribution in [2.75, 3.05) is 0 Å². The Hall–Kier alpha value is -2.77. The average Bonchev–Trinajstić information content (AvgIpc) is 3.33. The molecule has 4 aromatic rings. The normalized spacial score (nSPS) is 15.9. The molecule has 7 heteroatoms. The van der Waals surface area contributed by atoms with Crippen LogP contribution in [0.25, 0.3) is 10.2 Å². The SMILES string of the molecule is Cc1cc(C)n(CCCn2cnc3sc4c(c3c2=O)CC[C@H](NCc2ccccc2)C4)n1. The fourth-order valence-electron chi connectivity index (χ4n) is 4.68. The molecule has 0 aliphatic heterocycles. The molecule has 1 N–H and O–H groups in total. The maximum Gasteiger partial charge on any atom is 0.262 e. The van der Waals surface area contributed by atoms with E-state index in [9.17, 15) is 4.79 Å². The topological polar surface area (TPSA) is 64.7 Å². The van der Waals surface area contributed by atoms with E-state index in [1.807, 2.05) is 17.7 Å². The third-order valence-corrected chi connectivity index (χ3v) is 7.51. The lowest BCUT2D eigenvalue weighted by Crippen LogP contribution is -2.33. The molecule has 1 aliphatic carbocycles. The maximum absolute atomic E-state index is 13.3. The second kappa shape index (κ2) is 9.00. The van der Waals surface area contributed by atoms with Gasteiger partial charge in [0.2, 0.25) is 0 Å². The van der Waals surface area contributed by atoms with Gasteiger partial charge in [-0.2, -0.15) is 5.10 Å². The minimum absolute atomic E-state index is 0.108. The third-order valence-electron chi connectivity index (χ3n) is 6.35. The van der Waals surface area contributed by atoms with Gasteiger partial charge in [-0.1, -0.05) is 30.3 Å². The van der Waals surface area contributed by atoms with Gasteiger partial charge >= 0.3 is 0 Å². The first kappa shape index (κ1) is 21.1. The van der Waals surface area contributed by atoms with Crippen LogP contribution in [0.15, 0.2) is 47.5 Å². The molecule has 32 heavy (non-hydrogen) atoms. The zero-order valence-electron chi connectivity index (χ0n) is 18.7. The van der Waals surface area contributed by atoms with Crippen LogP contribution in [-0.4, -0.2) is 25.4 Å². The summed E-state index contributed by atoms with van der Waals surface area (Å²) in [5.41, 5.74) is 4.83. The van der Waals surface area contributed by atoms with Gasteiger partial charge in [0.05, 0.1) is 17.4 Å². The molecule has 3 heterocycles. The van der Waals surface area contributed by atoms with E-state index < -0.39 is 0 Å². The molecule has 6 nitrogen and oxygen atoms in total. The number of thiophene rings is 1. The van der Waals surface area contributed by atoms with E-state index in [4.69, 9.17) is 0 Å². The first-order valence-corrected chi connectivity index (χ1v) is 12.2. The summed E-state index contributed by atoms with van der Waals surface area (Å²) in [6.07, 6.45) is 5.54. The van der Waals surface area contributed by atoms with Crippen LogP contribution in [0.5, 0.6) is 0 Å². The van der Waals surface area contributed by atoms with Crippen LogP contribution in [0.3, 0.4) is 0 Å². The van der Waals surface area contributed by atoms with E-state index >= 15 is 0 Å². The molecule has 0 saturated carbocycles. The van der Waals surface area contributed by atoms with Gasteiger partial charge in [-0.05, 0) is 56.7 Å². The predicted octanol–water partition coefficient (Wildman–Crippen LogP) is 4.01. The molecule has 1 atom stereocenters. The highest BCUT2D eigenvalue weighted by molar-refractivity contribution is 7.18. The van der Waals surface area contributed by atoms with Crippen molar-refractivity contribution >= 4 is 21.6 Å². The van der Waals surface area contributed by atoms with Crippen LogP contribution in [0, 0.1) is 13.8 Å². The number of nitrogens with one attached hydrogen (secondary N) is 1. The van der Waals surface area contributed by atoms with Crippen molar-refractivity contribution in [2.45, 2.75) is 65.2 Å². The number of aryl methyl sites for hydroxylation is 5. The van der Waals surface area contributed by atoms with Gasteiger partial charge in [0.15, 0.2) is 0 Å². The summed E-state index contributed by atoms with van der Waals surface area (Å²) in [5.74, 6) is 0. The second-order valence-corrected chi connectivity index (χ2v) is 9.82. The van der Waals surface area contributed by atoms with Crippen LogP contribution < -0.4 is 10.9 Å². The Bertz CT molecular complexity index is 1290. The van der Waals surface area contributed by atoms with E-state index in [0.717, 1.165) is 60.4 Å². The van der Waals surface area contributed by atoms with E-state index in [1.54, 1.807) is 22.2 Å². The molecule has 0 spiro atoms. The highest BCUT2D eigenvalue weighted by Gasteiger charge is 2.25. The Morgan fingerprint density at radius 1 is 1.19 bits per heavy atom. The van der Waals surface area contributed by atoms with Crippen LogP contribution in [0.2, 0.25) is 0 Å². The summed E-state index contributed by atoms with van der Waals surface area (Å²) in [6.45, 7) is 6.42. The summed E-state index contributed by atoms with van der Waals surface area (Å²) in [6, 6.07) is 13.0. The molecule has 1 aliphatic rings. The first-order chi connectivity index (χ1) is 15.6. The average molecular weight is 448 g/mol. The first-order valence-electron chi connectivity index (χ1n) is 11.4. The Kier molecular flexibility index (Phi) is 5.93. The Labute approximate surface area is 191 Å². The molecule has 3 aromatic heterocycles. The van der Waals surface area contributed by atoms with Crippen molar-refractivity contribution < 1.29 is 0 Å². The number of hydrogen-bond acceptors (Lipinski definition) is 5. The Morgan fingerprint density at radius 3 is 2.81 bits per heavy atom. The van der Waals surface area contributed by atoms with Crippen LogP contribution in [0.1, 0.15) is 40.2 Å². The maximum atomic E-state index is 13.3. The molecule has 0 amide bonds. The predicted molar refractivity (Wildman–Crippen MR) is 129 cm³/mol. The summed E-state index contributed by atoms with van der Waals surface area (Å²) in [5, 5.41) is 9.05. The lowest BCUT2D eigenvalue weighted by molar-refractivity contribution is 0.462. The van der Waals surface area contributed by atoms with Crippen molar-refractivity contribution in [2.24, 2.45) is 0 Å². The largest absolute Gasteiger partial charge is 0.310 e. The van der Waals surface area contributed by atoms with E-state index in [2.05, 4.69) is 52.7 Å². The molecular formula is C25H29N5OS. The highest BCUT2D eigenvalue weighted by Crippen LogP contribution is 2.33. The molecule has 5 rings (SSSR count). The highest BCUT2D eigenvalue weighted by atomic mass is 32.1.